The lowest BCUT2D eigenvalue weighted by Gasteiger charge is -2.17. The molecule has 0 radical (unpaired) electrons. The summed E-state index contributed by atoms with van der Waals surface area (Å²) in [4.78, 5) is 17.0. The Bertz CT molecular complexity index is 629. The van der Waals surface area contributed by atoms with Gasteiger partial charge in [-0.15, -0.1) is 0 Å². The summed E-state index contributed by atoms with van der Waals surface area (Å²) in [6, 6.07) is 11.1. The summed E-state index contributed by atoms with van der Waals surface area (Å²) < 4.78 is 12.7. The summed E-state index contributed by atoms with van der Waals surface area (Å²) in [5, 5.41) is 8.71. The van der Waals surface area contributed by atoms with E-state index < -0.39 is 5.95 Å². The van der Waals surface area contributed by atoms with Crippen LogP contribution < -0.4 is 4.90 Å². The zero-order valence-corrected chi connectivity index (χ0v) is 10.2. The number of nitriles is 1. The molecule has 0 bridgehead atoms. The van der Waals surface area contributed by atoms with Crippen molar-refractivity contribution in [2.24, 2.45) is 0 Å². The first kappa shape index (κ1) is 12.7. The normalized spacial score (nSPS) is 9.74. The predicted octanol–water partition coefficient (Wildman–Crippen LogP) is 2.37. The van der Waals surface area contributed by atoms with Crippen molar-refractivity contribution in [2.45, 2.75) is 0 Å². The van der Waals surface area contributed by atoms with Crippen molar-refractivity contribution in [2.75, 3.05) is 11.9 Å². The van der Waals surface area contributed by atoms with E-state index in [0.717, 1.165) is 6.07 Å². The molecule has 0 aliphatic carbocycles. The van der Waals surface area contributed by atoms with Crippen LogP contribution >= 0.6 is 0 Å². The molecule has 0 saturated carbocycles. The van der Waals surface area contributed by atoms with Crippen LogP contribution in [0.1, 0.15) is 15.9 Å². The average molecular weight is 255 g/mol. The molecular formula is C14H10FN3O. The van der Waals surface area contributed by atoms with E-state index in [9.17, 15) is 9.18 Å². The summed E-state index contributed by atoms with van der Waals surface area (Å²) in [6.45, 7) is 0. The first-order valence-electron chi connectivity index (χ1n) is 5.51. The summed E-state index contributed by atoms with van der Waals surface area (Å²) in [5.74, 6) is -0.921. The maximum Gasteiger partial charge on any atom is 0.259 e. The number of hydrogen-bond acceptors (Lipinski definition) is 3. The van der Waals surface area contributed by atoms with Gasteiger partial charge < -0.3 is 4.90 Å². The minimum absolute atomic E-state index is 0.294. The fourth-order valence-corrected chi connectivity index (χ4v) is 1.57. The molecule has 0 N–H and O–H groups in total. The van der Waals surface area contributed by atoms with Crippen LogP contribution in [0.3, 0.4) is 0 Å². The largest absolute Gasteiger partial charge is 0.311 e. The molecule has 0 aliphatic heterocycles. The molecule has 2 aromatic rings. The van der Waals surface area contributed by atoms with Crippen molar-refractivity contribution in [3.05, 3.63) is 59.7 Å². The Balaban J connectivity index is 2.23. The smallest absolute Gasteiger partial charge is 0.259 e. The van der Waals surface area contributed by atoms with E-state index in [-0.39, 0.29) is 5.91 Å². The van der Waals surface area contributed by atoms with Gasteiger partial charge in [0.2, 0.25) is 5.95 Å². The summed E-state index contributed by atoms with van der Waals surface area (Å²) in [7, 11) is 1.60. The van der Waals surface area contributed by atoms with Crippen LogP contribution in [0.4, 0.5) is 10.1 Å². The molecule has 4 nitrogen and oxygen atoms in total. The molecule has 5 heteroatoms. The van der Waals surface area contributed by atoms with Crippen molar-refractivity contribution in [3.63, 3.8) is 0 Å². The van der Waals surface area contributed by atoms with E-state index in [0.29, 0.717) is 16.8 Å². The highest BCUT2D eigenvalue weighted by molar-refractivity contribution is 6.05. The minimum Gasteiger partial charge on any atom is -0.311 e. The molecule has 0 atom stereocenters. The number of pyridine rings is 1. The molecule has 0 saturated heterocycles. The molecule has 0 spiro atoms. The monoisotopic (exact) mass is 255 g/mol. The third-order valence-electron chi connectivity index (χ3n) is 2.66. The Morgan fingerprint density at radius 3 is 2.47 bits per heavy atom. The number of hydrogen-bond donors (Lipinski definition) is 0. The van der Waals surface area contributed by atoms with Crippen LogP contribution in [0, 0.1) is 17.3 Å². The number of carbonyl (C=O) groups is 1. The Morgan fingerprint density at radius 2 is 1.95 bits per heavy atom. The van der Waals surface area contributed by atoms with Gasteiger partial charge in [-0.2, -0.15) is 9.65 Å². The molecular weight excluding hydrogens is 245 g/mol. The van der Waals surface area contributed by atoms with Crippen molar-refractivity contribution in [1.82, 2.24) is 4.98 Å². The molecule has 1 heterocycles. The number of amides is 1. The van der Waals surface area contributed by atoms with Gasteiger partial charge in [0.15, 0.2) is 0 Å². The van der Waals surface area contributed by atoms with Gasteiger partial charge in [-0.25, -0.2) is 4.98 Å². The predicted molar refractivity (Wildman–Crippen MR) is 68.1 cm³/mol. The number of nitrogens with zero attached hydrogens (tertiary/aromatic N) is 3. The molecule has 94 valence electrons. The summed E-state index contributed by atoms with van der Waals surface area (Å²) in [5.41, 5.74) is 1.47. The van der Waals surface area contributed by atoms with Gasteiger partial charge in [0.05, 0.1) is 17.2 Å². The Hall–Kier alpha value is -2.74. The fourth-order valence-electron chi connectivity index (χ4n) is 1.57. The van der Waals surface area contributed by atoms with Crippen LogP contribution in [0.5, 0.6) is 0 Å². The van der Waals surface area contributed by atoms with E-state index in [1.54, 1.807) is 31.3 Å². The van der Waals surface area contributed by atoms with Gasteiger partial charge in [0.25, 0.3) is 5.91 Å². The van der Waals surface area contributed by atoms with Gasteiger partial charge in [-0.1, -0.05) is 0 Å². The third kappa shape index (κ3) is 2.75. The van der Waals surface area contributed by atoms with Crippen LogP contribution in [-0.2, 0) is 0 Å². The Labute approximate surface area is 109 Å². The second-order valence-corrected chi connectivity index (χ2v) is 3.89. The molecule has 0 fully saturated rings. The lowest BCUT2D eigenvalue weighted by atomic mass is 10.2. The fraction of sp³-hybridized carbons (Fsp3) is 0.0714. The van der Waals surface area contributed by atoms with E-state index >= 15 is 0 Å². The van der Waals surface area contributed by atoms with Gasteiger partial charge >= 0.3 is 0 Å². The number of benzene rings is 1. The van der Waals surface area contributed by atoms with Gasteiger partial charge in [-0.05, 0) is 36.4 Å². The highest BCUT2D eigenvalue weighted by Gasteiger charge is 2.13. The lowest BCUT2D eigenvalue weighted by molar-refractivity contribution is 0.0992. The number of anilines is 1. The zero-order valence-electron chi connectivity index (χ0n) is 10.2. The maximum absolute atomic E-state index is 12.7. The van der Waals surface area contributed by atoms with Crippen LogP contribution in [-0.4, -0.2) is 17.9 Å². The number of halogens is 1. The van der Waals surface area contributed by atoms with E-state index in [4.69, 9.17) is 5.26 Å². The van der Waals surface area contributed by atoms with Crippen molar-refractivity contribution < 1.29 is 9.18 Å². The van der Waals surface area contributed by atoms with Crippen molar-refractivity contribution in [1.29, 1.82) is 5.26 Å². The molecule has 19 heavy (non-hydrogen) atoms. The topological polar surface area (TPSA) is 57.0 Å². The molecule has 0 unspecified atom stereocenters. The van der Waals surface area contributed by atoms with Gasteiger partial charge in [0, 0.05) is 18.9 Å². The Morgan fingerprint density at radius 1 is 1.26 bits per heavy atom. The highest BCUT2D eigenvalue weighted by atomic mass is 19.1. The summed E-state index contributed by atoms with van der Waals surface area (Å²) >= 11 is 0. The number of carbonyl (C=O) groups excluding carboxylic acids is 1. The zero-order chi connectivity index (χ0) is 13.8. The first-order chi connectivity index (χ1) is 9.11. The van der Waals surface area contributed by atoms with E-state index in [2.05, 4.69) is 4.98 Å². The second-order valence-electron chi connectivity index (χ2n) is 3.89. The van der Waals surface area contributed by atoms with Crippen LogP contribution in [0.15, 0.2) is 42.6 Å². The highest BCUT2D eigenvalue weighted by Crippen LogP contribution is 2.16. The van der Waals surface area contributed by atoms with Crippen molar-refractivity contribution >= 4 is 11.6 Å². The SMILES string of the molecule is CN(C(=O)c1ccc(F)nc1)c1ccc(C#N)cc1. The van der Waals surface area contributed by atoms with Crippen LogP contribution in [0.2, 0.25) is 0 Å². The molecule has 2 rings (SSSR count). The van der Waals surface area contributed by atoms with E-state index in [1.807, 2.05) is 6.07 Å². The quantitative estimate of drug-likeness (QED) is 0.774. The van der Waals surface area contributed by atoms with Crippen LogP contribution in [0.25, 0.3) is 0 Å². The van der Waals surface area contributed by atoms with Gasteiger partial charge in [0.1, 0.15) is 0 Å². The minimum atomic E-state index is -0.627. The maximum atomic E-state index is 12.7. The standard InChI is InChI=1S/C14H10FN3O/c1-18(12-5-2-10(8-16)3-6-12)14(19)11-4-7-13(15)17-9-11/h2-7,9H,1H3. The average Bonchev–Trinajstić information content (AvgIpc) is 2.46. The molecule has 0 aliphatic rings. The second kappa shape index (κ2) is 5.27. The van der Waals surface area contributed by atoms with E-state index in [1.165, 1.54) is 17.2 Å². The molecule has 1 amide bonds. The van der Waals surface area contributed by atoms with Crippen molar-refractivity contribution in [3.8, 4) is 6.07 Å². The molecule has 1 aromatic carbocycles. The Kier molecular flexibility index (Phi) is 3.53. The first-order valence-corrected chi connectivity index (χ1v) is 5.51. The third-order valence-corrected chi connectivity index (χ3v) is 2.66. The van der Waals surface area contributed by atoms with Gasteiger partial charge in [-0.3, -0.25) is 4.79 Å². The molecule has 1 aromatic heterocycles. The number of aromatic nitrogens is 1. The number of rotatable bonds is 2. The summed E-state index contributed by atoms with van der Waals surface area (Å²) in [6.07, 6.45) is 1.19. The lowest BCUT2D eigenvalue weighted by Crippen LogP contribution is -2.26.